The minimum Gasteiger partial charge on any atom is -0.464 e. The van der Waals surface area contributed by atoms with Crippen molar-refractivity contribution in [2.45, 2.75) is 85.5 Å². The summed E-state index contributed by atoms with van der Waals surface area (Å²) in [4.78, 5) is 52.5. The number of carbonyl (C=O) groups is 4. The molecule has 0 unspecified atom stereocenters. The molecule has 0 saturated heterocycles. The number of nitrogens with zero attached hydrogens (tertiary/aromatic N) is 2. The quantitative estimate of drug-likeness (QED) is 0.307. The smallest absolute Gasteiger partial charge is 0.420 e. The third-order valence-corrected chi connectivity index (χ3v) is 3.63. The molecule has 3 amide bonds. The van der Waals surface area contributed by atoms with Crippen molar-refractivity contribution in [1.82, 2.24) is 9.80 Å². The van der Waals surface area contributed by atoms with E-state index in [1.54, 1.807) is 61.7 Å². The minimum absolute atomic E-state index is 0.0343. The molecule has 0 radical (unpaired) electrons. The van der Waals surface area contributed by atoms with Crippen LogP contribution in [-0.2, 0) is 23.8 Å². The minimum atomic E-state index is -1.28. The molecule has 0 heterocycles. The number of hydrogen-bond donors (Lipinski definition) is 0. The van der Waals surface area contributed by atoms with Crippen molar-refractivity contribution in [3.8, 4) is 0 Å². The number of allylic oxidation sites excluding steroid dienone is 1. The van der Waals surface area contributed by atoms with Gasteiger partial charge in [0, 0.05) is 14.1 Å². The summed E-state index contributed by atoms with van der Waals surface area (Å²) in [6.07, 6.45) is 1.20. The van der Waals surface area contributed by atoms with Crippen LogP contribution in [0.4, 0.5) is 9.59 Å². The average molecular weight is 457 g/mol. The number of carbonyl (C=O) groups excluding carboxylic acids is 4. The highest BCUT2D eigenvalue weighted by atomic mass is 16.6. The van der Waals surface area contributed by atoms with E-state index in [0.29, 0.717) is 4.90 Å². The van der Waals surface area contributed by atoms with Gasteiger partial charge in [-0.2, -0.15) is 4.90 Å². The molecule has 184 valence electrons. The van der Waals surface area contributed by atoms with Crippen LogP contribution in [0.3, 0.4) is 0 Å². The number of hydrogen-bond acceptors (Lipinski definition) is 7. The van der Waals surface area contributed by atoms with Crippen molar-refractivity contribution < 1.29 is 33.4 Å². The summed E-state index contributed by atoms with van der Waals surface area (Å²) in [6, 6.07) is -1.28. The van der Waals surface area contributed by atoms with Gasteiger partial charge in [0.15, 0.2) is 0 Å². The first kappa shape index (κ1) is 29.4. The lowest BCUT2D eigenvalue weighted by Gasteiger charge is -2.32. The van der Waals surface area contributed by atoms with Crippen molar-refractivity contribution in [3.63, 3.8) is 0 Å². The van der Waals surface area contributed by atoms with Gasteiger partial charge in [-0.1, -0.05) is 19.9 Å². The van der Waals surface area contributed by atoms with E-state index in [2.05, 4.69) is 0 Å². The van der Waals surface area contributed by atoms with Crippen molar-refractivity contribution in [1.29, 1.82) is 0 Å². The average Bonchev–Trinajstić information content (AvgIpc) is 2.58. The van der Waals surface area contributed by atoms with Gasteiger partial charge in [-0.25, -0.2) is 14.4 Å². The zero-order chi connectivity index (χ0) is 25.3. The Balaban J connectivity index is 5.94. The Morgan fingerprint density at radius 3 is 1.72 bits per heavy atom. The summed E-state index contributed by atoms with van der Waals surface area (Å²) in [5, 5.41) is 0. The van der Waals surface area contributed by atoms with Crippen LogP contribution < -0.4 is 0 Å². The fraction of sp³-hybridized carbons (Fsp3) is 0.739. The molecule has 9 nitrogen and oxygen atoms in total. The molecular weight excluding hydrogens is 416 g/mol. The zero-order valence-corrected chi connectivity index (χ0v) is 21.2. The SMILES string of the molecule is CC(C)COC(=O)[C@H](CC/C=C/C(=O)N(C)C)N(C(=O)OC(C)(C)C)C(=O)OC(C)(C)C. The van der Waals surface area contributed by atoms with E-state index in [0.717, 1.165) is 0 Å². The fourth-order valence-corrected chi connectivity index (χ4v) is 2.24. The standard InChI is InChI=1S/C23H40N2O7/c1-16(2)15-30-19(27)17(13-11-12-14-18(26)24(9)10)25(20(28)31-22(3,4)5)21(29)32-23(6,7)8/h12,14,16-17H,11,13,15H2,1-10H3/b14-12+/t17-/m0/s1. The van der Waals surface area contributed by atoms with Gasteiger partial charge in [0.2, 0.25) is 5.91 Å². The monoisotopic (exact) mass is 456 g/mol. The third kappa shape index (κ3) is 12.3. The second-order valence-corrected chi connectivity index (χ2v) is 10.1. The Morgan fingerprint density at radius 2 is 1.34 bits per heavy atom. The van der Waals surface area contributed by atoms with Gasteiger partial charge in [0.1, 0.15) is 17.2 Å². The summed E-state index contributed by atoms with van der Waals surface area (Å²) >= 11 is 0. The molecule has 0 aliphatic carbocycles. The Morgan fingerprint density at radius 1 is 0.875 bits per heavy atom. The predicted molar refractivity (Wildman–Crippen MR) is 121 cm³/mol. The van der Waals surface area contributed by atoms with Crippen LogP contribution in [-0.4, -0.2) is 71.8 Å². The van der Waals surface area contributed by atoms with Crippen LogP contribution in [0.5, 0.6) is 0 Å². The first-order chi connectivity index (χ1) is 14.4. The maximum atomic E-state index is 12.9. The van der Waals surface area contributed by atoms with Crippen molar-refractivity contribution in [2.75, 3.05) is 20.7 Å². The maximum absolute atomic E-state index is 12.9. The number of imide groups is 1. The highest BCUT2D eigenvalue weighted by Crippen LogP contribution is 2.20. The Bertz CT molecular complexity index is 657. The van der Waals surface area contributed by atoms with Gasteiger partial charge >= 0.3 is 18.2 Å². The fourth-order valence-electron chi connectivity index (χ4n) is 2.24. The predicted octanol–water partition coefficient (Wildman–Crippen LogP) is 4.15. The molecule has 0 aromatic carbocycles. The lowest BCUT2D eigenvalue weighted by molar-refractivity contribution is -0.151. The lowest BCUT2D eigenvalue weighted by atomic mass is 10.1. The van der Waals surface area contributed by atoms with E-state index in [1.807, 2.05) is 13.8 Å². The normalized spacial score (nSPS) is 13.0. The molecular formula is C23H40N2O7. The number of amides is 3. The third-order valence-electron chi connectivity index (χ3n) is 3.63. The van der Waals surface area contributed by atoms with Crippen LogP contribution in [0.25, 0.3) is 0 Å². The molecule has 0 saturated carbocycles. The second-order valence-electron chi connectivity index (χ2n) is 10.1. The molecule has 0 aliphatic rings. The van der Waals surface area contributed by atoms with Crippen LogP contribution in [0, 0.1) is 5.92 Å². The number of ether oxygens (including phenoxy) is 3. The molecule has 0 aliphatic heterocycles. The molecule has 9 heteroatoms. The first-order valence-corrected chi connectivity index (χ1v) is 10.7. The largest absolute Gasteiger partial charge is 0.464 e. The highest BCUT2D eigenvalue weighted by molar-refractivity contribution is 5.94. The number of esters is 1. The summed E-state index contributed by atoms with van der Waals surface area (Å²) in [6.45, 7) is 13.8. The highest BCUT2D eigenvalue weighted by Gasteiger charge is 2.40. The second kappa shape index (κ2) is 12.5. The van der Waals surface area contributed by atoms with Crippen LogP contribution in [0.1, 0.15) is 68.2 Å². The Hall–Kier alpha value is -2.58. The molecule has 1 atom stereocenters. The lowest BCUT2D eigenvalue weighted by Crippen LogP contribution is -2.52. The van der Waals surface area contributed by atoms with Crippen LogP contribution in [0.2, 0.25) is 0 Å². The van der Waals surface area contributed by atoms with Crippen molar-refractivity contribution in [3.05, 3.63) is 12.2 Å². The molecule has 0 spiro atoms. The summed E-state index contributed by atoms with van der Waals surface area (Å²) in [7, 11) is 3.23. The van der Waals surface area contributed by atoms with Gasteiger partial charge in [-0.15, -0.1) is 0 Å². The maximum Gasteiger partial charge on any atom is 0.420 e. The van der Waals surface area contributed by atoms with Crippen LogP contribution in [0.15, 0.2) is 12.2 Å². The summed E-state index contributed by atoms with van der Waals surface area (Å²) < 4.78 is 16.1. The van der Waals surface area contributed by atoms with E-state index >= 15 is 0 Å². The molecule has 0 bridgehead atoms. The number of rotatable bonds is 8. The summed E-state index contributed by atoms with van der Waals surface area (Å²) in [5.41, 5.74) is -1.80. The van der Waals surface area contributed by atoms with Gasteiger partial charge in [-0.05, 0) is 66.4 Å². The van der Waals surface area contributed by atoms with E-state index in [9.17, 15) is 19.2 Å². The van der Waals surface area contributed by atoms with Gasteiger partial charge in [-0.3, -0.25) is 4.79 Å². The van der Waals surface area contributed by atoms with E-state index < -0.39 is 35.4 Å². The van der Waals surface area contributed by atoms with Crippen molar-refractivity contribution in [2.24, 2.45) is 5.92 Å². The van der Waals surface area contributed by atoms with E-state index in [4.69, 9.17) is 14.2 Å². The van der Waals surface area contributed by atoms with Gasteiger partial charge < -0.3 is 19.1 Å². The topological polar surface area (TPSA) is 102 Å². The zero-order valence-electron chi connectivity index (χ0n) is 21.2. The summed E-state index contributed by atoms with van der Waals surface area (Å²) in [5.74, 6) is -0.906. The Kier molecular flexibility index (Phi) is 11.5. The van der Waals surface area contributed by atoms with E-state index in [-0.39, 0.29) is 31.3 Å². The Labute approximate surface area is 192 Å². The molecule has 32 heavy (non-hydrogen) atoms. The number of likely N-dealkylation sites (N-methyl/N-ethyl adjacent to an activating group) is 1. The molecule has 0 N–H and O–H groups in total. The molecule has 0 aromatic rings. The molecule has 0 aromatic heterocycles. The first-order valence-electron chi connectivity index (χ1n) is 10.7. The molecule has 0 fully saturated rings. The van der Waals surface area contributed by atoms with Crippen molar-refractivity contribution >= 4 is 24.1 Å². The van der Waals surface area contributed by atoms with Crippen LogP contribution >= 0.6 is 0 Å². The van der Waals surface area contributed by atoms with Gasteiger partial charge in [0.25, 0.3) is 0 Å². The van der Waals surface area contributed by atoms with E-state index in [1.165, 1.54) is 11.0 Å². The molecule has 0 rings (SSSR count). The van der Waals surface area contributed by atoms with Gasteiger partial charge in [0.05, 0.1) is 6.61 Å².